The van der Waals surface area contributed by atoms with Gasteiger partial charge < -0.3 is 15.1 Å². The topological polar surface area (TPSA) is 77.8 Å². The SMILES string of the molecule is Cc1ccc(C)c(SCC(=O)N2C[C@@H](O)C[C@H]2C(=O)O)c1. The Kier molecular flexibility index (Phi) is 4.90. The fourth-order valence-corrected chi connectivity index (χ4v) is 3.42. The molecular formula is C15H19NO4S. The molecule has 2 rings (SSSR count). The van der Waals surface area contributed by atoms with E-state index in [0.717, 1.165) is 16.0 Å². The van der Waals surface area contributed by atoms with Gasteiger partial charge in [-0.2, -0.15) is 0 Å². The van der Waals surface area contributed by atoms with Gasteiger partial charge in [0.1, 0.15) is 6.04 Å². The molecule has 1 aromatic carbocycles. The summed E-state index contributed by atoms with van der Waals surface area (Å²) < 4.78 is 0. The molecule has 114 valence electrons. The van der Waals surface area contributed by atoms with Crippen LogP contribution in [0.3, 0.4) is 0 Å². The van der Waals surface area contributed by atoms with Crippen molar-refractivity contribution in [3.63, 3.8) is 0 Å². The molecule has 1 fully saturated rings. The van der Waals surface area contributed by atoms with Crippen molar-refractivity contribution in [2.24, 2.45) is 0 Å². The zero-order valence-electron chi connectivity index (χ0n) is 12.1. The highest BCUT2D eigenvalue weighted by molar-refractivity contribution is 8.00. The lowest BCUT2D eigenvalue weighted by Crippen LogP contribution is -2.41. The lowest BCUT2D eigenvalue weighted by molar-refractivity contribution is -0.147. The van der Waals surface area contributed by atoms with Gasteiger partial charge in [-0.1, -0.05) is 17.7 Å². The van der Waals surface area contributed by atoms with E-state index in [-0.39, 0.29) is 24.6 Å². The maximum atomic E-state index is 12.2. The third-order valence-corrected chi connectivity index (χ3v) is 4.72. The number of rotatable bonds is 4. The molecule has 6 heteroatoms. The molecule has 1 amide bonds. The molecule has 0 aliphatic carbocycles. The number of aryl methyl sites for hydroxylation is 2. The number of carboxylic acids is 1. The Morgan fingerprint density at radius 3 is 2.76 bits per heavy atom. The highest BCUT2D eigenvalue weighted by atomic mass is 32.2. The number of amides is 1. The van der Waals surface area contributed by atoms with Gasteiger partial charge in [0.2, 0.25) is 5.91 Å². The fourth-order valence-electron chi connectivity index (χ4n) is 2.41. The van der Waals surface area contributed by atoms with Gasteiger partial charge >= 0.3 is 5.97 Å². The maximum Gasteiger partial charge on any atom is 0.326 e. The largest absolute Gasteiger partial charge is 0.480 e. The minimum absolute atomic E-state index is 0.100. The molecule has 0 saturated carbocycles. The lowest BCUT2D eigenvalue weighted by Gasteiger charge is -2.21. The van der Waals surface area contributed by atoms with Gasteiger partial charge in [-0.25, -0.2) is 4.79 Å². The number of hydrogen-bond donors (Lipinski definition) is 2. The molecule has 0 radical (unpaired) electrons. The number of aliphatic carboxylic acids is 1. The van der Waals surface area contributed by atoms with Crippen molar-refractivity contribution in [2.75, 3.05) is 12.3 Å². The van der Waals surface area contributed by atoms with Crippen molar-refractivity contribution in [1.29, 1.82) is 0 Å². The molecule has 2 N–H and O–H groups in total. The Morgan fingerprint density at radius 1 is 1.38 bits per heavy atom. The molecule has 1 heterocycles. The van der Waals surface area contributed by atoms with Crippen LogP contribution in [0.25, 0.3) is 0 Å². The van der Waals surface area contributed by atoms with Gasteiger partial charge in [0.15, 0.2) is 0 Å². The molecule has 5 nitrogen and oxygen atoms in total. The first-order valence-corrected chi connectivity index (χ1v) is 7.77. The Morgan fingerprint density at radius 2 is 2.10 bits per heavy atom. The third-order valence-electron chi connectivity index (χ3n) is 3.58. The van der Waals surface area contributed by atoms with E-state index in [4.69, 9.17) is 5.11 Å². The number of benzene rings is 1. The number of aliphatic hydroxyl groups excluding tert-OH is 1. The van der Waals surface area contributed by atoms with Crippen molar-refractivity contribution < 1.29 is 19.8 Å². The summed E-state index contributed by atoms with van der Waals surface area (Å²) >= 11 is 1.41. The average molecular weight is 309 g/mol. The van der Waals surface area contributed by atoms with E-state index in [2.05, 4.69) is 0 Å². The second-order valence-corrected chi connectivity index (χ2v) is 6.36. The van der Waals surface area contributed by atoms with Gasteiger partial charge in [0, 0.05) is 17.9 Å². The van der Waals surface area contributed by atoms with Crippen molar-refractivity contribution in [2.45, 2.75) is 37.3 Å². The van der Waals surface area contributed by atoms with Crippen molar-refractivity contribution in [1.82, 2.24) is 4.90 Å². The van der Waals surface area contributed by atoms with Crippen molar-refractivity contribution in [3.05, 3.63) is 29.3 Å². The molecular weight excluding hydrogens is 290 g/mol. The van der Waals surface area contributed by atoms with E-state index in [9.17, 15) is 14.7 Å². The van der Waals surface area contributed by atoms with Gasteiger partial charge in [-0.05, 0) is 25.5 Å². The quantitative estimate of drug-likeness (QED) is 0.823. The summed E-state index contributed by atoms with van der Waals surface area (Å²) in [5.74, 6) is -1.12. The van der Waals surface area contributed by atoms with Gasteiger partial charge in [0.05, 0.1) is 11.9 Å². The van der Waals surface area contributed by atoms with E-state index < -0.39 is 18.1 Å². The minimum atomic E-state index is -1.06. The van der Waals surface area contributed by atoms with E-state index in [0.29, 0.717) is 0 Å². The first-order chi connectivity index (χ1) is 9.88. The smallest absolute Gasteiger partial charge is 0.326 e. The lowest BCUT2D eigenvalue weighted by atomic mass is 10.2. The molecule has 1 aromatic rings. The van der Waals surface area contributed by atoms with Gasteiger partial charge in [-0.15, -0.1) is 11.8 Å². The molecule has 1 saturated heterocycles. The Balaban J connectivity index is 2.01. The standard InChI is InChI=1S/C15H19NO4S/c1-9-3-4-10(2)13(5-9)21-8-14(18)16-7-11(17)6-12(16)15(19)20/h3-5,11-12,17H,6-8H2,1-2H3,(H,19,20)/t11-,12-/m0/s1. The number of hydrogen-bond acceptors (Lipinski definition) is 4. The maximum absolute atomic E-state index is 12.2. The Bertz CT molecular complexity index is 561. The van der Waals surface area contributed by atoms with Crippen LogP contribution in [0, 0.1) is 13.8 Å². The van der Waals surface area contributed by atoms with Crippen LogP contribution in [0.4, 0.5) is 0 Å². The number of carboxylic acid groups (broad SMARTS) is 1. The summed E-state index contributed by atoms with van der Waals surface area (Å²) in [4.78, 5) is 25.6. The Labute approximate surface area is 128 Å². The van der Waals surface area contributed by atoms with Crippen LogP contribution in [0.5, 0.6) is 0 Å². The molecule has 1 aliphatic rings. The first-order valence-electron chi connectivity index (χ1n) is 6.79. The van der Waals surface area contributed by atoms with E-state index in [1.165, 1.54) is 16.7 Å². The molecule has 0 spiro atoms. The van der Waals surface area contributed by atoms with Gasteiger partial charge in [0.25, 0.3) is 0 Å². The van der Waals surface area contributed by atoms with E-state index >= 15 is 0 Å². The molecule has 0 aromatic heterocycles. The summed E-state index contributed by atoms with van der Waals surface area (Å²) in [6, 6.07) is 5.12. The normalized spacial score (nSPS) is 21.6. The third kappa shape index (κ3) is 3.77. The summed E-state index contributed by atoms with van der Waals surface area (Å²) in [6.45, 7) is 4.07. The predicted molar refractivity (Wildman–Crippen MR) is 80.4 cm³/mol. The van der Waals surface area contributed by atoms with Crippen LogP contribution < -0.4 is 0 Å². The Hall–Kier alpha value is -1.53. The summed E-state index contributed by atoms with van der Waals surface area (Å²) in [5, 5.41) is 18.7. The molecule has 0 unspecified atom stereocenters. The zero-order valence-corrected chi connectivity index (χ0v) is 12.9. The number of thioether (sulfide) groups is 1. The van der Waals surface area contributed by atoms with Crippen molar-refractivity contribution in [3.8, 4) is 0 Å². The van der Waals surface area contributed by atoms with Crippen molar-refractivity contribution >= 4 is 23.6 Å². The summed E-state index contributed by atoms with van der Waals surface area (Å²) in [5.41, 5.74) is 2.21. The molecule has 2 atom stereocenters. The number of aliphatic hydroxyl groups is 1. The highest BCUT2D eigenvalue weighted by Crippen LogP contribution is 2.25. The second-order valence-electron chi connectivity index (χ2n) is 5.35. The number of β-amino-alcohol motifs (C(OH)–C–C–N with tert-alkyl or cyclic N) is 1. The van der Waals surface area contributed by atoms with E-state index in [1.807, 2.05) is 32.0 Å². The van der Waals surface area contributed by atoms with Crippen LogP contribution in [0.15, 0.2) is 23.1 Å². The minimum Gasteiger partial charge on any atom is -0.480 e. The zero-order chi connectivity index (χ0) is 15.6. The van der Waals surface area contributed by atoms with Crippen LogP contribution in [-0.2, 0) is 9.59 Å². The monoisotopic (exact) mass is 309 g/mol. The molecule has 21 heavy (non-hydrogen) atoms. The number of carbonyl (C=O) groups is 2. The van der Waals surface area contributed by atoms with Crippen LogP contribution in [0.1, 0.15) is 17.5 Å². The molecule has 0 bridgehead atoms. The summed E-state index contributed by atoms with van der Waals surface area (Å²) in [6.07, 6.45) is -0.643. The predicted octanol–water partition coefficient (Wildman–Crippen LogP) is 1.44. The fraction of sp³-hybridized carbons (Fsp3) is 0.467. The van der Waals surface area contributed by atoms with Gasteiger partial charge in [-0.3, -0.25) is 4.79 Å². The highest BCUT2D eigenvalue weighted by Gasteiger charge is 2.38. The summed E-state index contributed by atoms with van der Waals surface area (Å²) in [7, 11) is 0. The van der Waals surface area contributed by atoms with E-state index in [1.54, 1.807) is 0 Å². The number of carbonyl (C=O) groups excluding carboxylic acids is 1. The van der Waals surface area contributed by atoms with Crippen LogP contribution in [-0.4, -0.2) is 51.4 Å². The van der Waals surface area contributed by atoms with Crippen LogP contribution in [0.2, 0.25) is 0 Å². The number of likely N-dealkylation sites (tertiary alicyclic amines) is 1. The second kappa shape index (κ2) is 6.49. The van der Waals surface area contributed by atoms with Crippen LogP contribution >= 0.6 is 11.8 Å². The number of nitrogens with zero attached hydrogens (tertiary/aromatic N) is 1. The average Bonchev–Trinajstić information content (AvgIpc) is 2.82. The molecule has 1 aliphatic heterocycles. The first kappa shape index (κ1) is 15.9.